The number of thiophene rings is 1. The molecule has 0 spiro atoms. The van der Waals surface area contributed by atoms with Crippen LogP contribution in [0.15, 0.2) is 38.6 Å². The lowest BCUT2D eigenvalue weighted by Crippen LogP contribution is -2.16. The minimum Gasteiger partial charge on any atom is -0.375 e. The van der Waals surface area contributed by atoms with Crippen molar-refractivity contribution in [3.63, 3.8) is 0 Å². The van der Waals surface area contributed by atoms with Gasteiger partial charge in [-0.3, -0.25) is 0 Å². The third kappa shape index (κ3) is 3.61. The van der Waals surface area contributed by atoms with Gasteiger partial charge in [0.15, 0.2) is 0 Å². The topological polar surface area (TPSA) is 12.0 Å². The van der Waals surface area contributed by atoms with Gasteiger partial charge in [0.2, 0.25) is 0 Å². The first-order chi connectivity index (χ1) is 8.99. The zero-order chi connectivity index (χ0) is 14.0. The van der Waals surface area contributed by atoms with Gasteiger partial charge in [0, 0.05) is 13.8 Å². The van der Waals surface area contributed by atoms with E-state index in [0.717, 1.165) is 14.6 Å². The second-order valence-corrected chi connectivity index (χ2v) is 7.67. The molecular formula is C15H17Br2NS. The standard InChI is InChI=1S/C15H17Br2NS/c1-9(2)14(13-5-4-6-19-13)18-15-11(16)7-10(3)8-12(15)17/h4-9,14,18H,1-3H3. The molecule has 0 aliphatic carbocycles. The fraction of sp³-hybridized carbons (Fsp3) is 0.333. The molecule has 0 amide bonds. The molecule has 1 atom stereocenters. The van der Waals surface area contributed by atoms with E-state index >= 15 is 0 Å². The van der Waals surface area contributed by atoms with Crippen LogP contribution in [0.1, 0.15) is 30.3 Å². The highest BCUT2D eigenvalue weighted by atomic mass is 79.9. The van der Waals surface area contributed by atoms with Crippen LogP contribution in [0, 0.1) is 12.8 Å². The molecule has 1 unspecified atom stereocenters. The summed E-state index contributed by atoms with van der Waals surface area (Å²) in [4.78, 5) is 1.37. The summed E-state index contributed by atoms with van der Waals surface area (Å²) in [5, 5.41) is 5.79. The van der Waals surface area contributed by atoms with Gasteiger partial charge in [0.1, 0.15) is 0 Å². The van der Waals surface area contributed by atoms with Gasteiger partial charge in [-0.05, 0) is 73.8 Å². The Hall–Kier alpha value is -0.320. The van der Waals surface area contributed by atoms with Crippen LogP contribution < -0.4 is 5.32 Å². The highest BCUT2D eigenvalue weighted by Crippen LogP contribution is 2.37. The van der Waals surface area contributed by atoms with Crippen molar-refractivity contribution >= 4 is 48.9 Å². The number of anilines is 1. The summed E-state index contributed by atoms with van der Waals surface area (Å²) in [6.07, 6.45) is 0. The number of benzene rings is 1. The summed E-state index contributed by atoms with van der Waals surface area (Å²) in [7, 11) is 0. The van der Waals surface area contributed by atoms with Crippen LogP contribution in [-0.4, -0.2) is 0 Å². The van der Waals surface area contributed by atoms with Gasteiger partial charge in [-0.2, -0.15) is 0 Å². The molecule has 0 saturated heterocycles. The Morgan fingerprint density at radius 1 is 1.16 bits per heavy atom. The Morgan fingerprint density at radius 2 is 1.79 bits per heavy atom. The molecule has 2 rings (SSSR count). The Balaban J connectivity index is 2.33. The van der Waals surface area contributed by atoms with E-state index in [1.807, 2.05) is 0 Å². The molecule has 19 heavy (non-hydrogen) atoms. The zero-order valence-electron chi connectivity index (χ0n) is 11.2. The van der Waals surface area contributed by atoms with E-state index in [1.54, 1.807) is 11.3 Å². The van der Waals surface area contributed by atoms with Crippen molar-refractivity contribution in [1.29, 1.82) is 0 Å². The Kier molecular flexibility index (Phi) is 5.09. The second kappa shape index (κ2) is 6.42. The van der Waals surface area contributed by atoms with Crippen LogP contribution in [0.25, 0.3) is 0 Å². The van der Waals surface area contributed by atoms with E-state index in [0.29, 0.717) is 12.0 Å². The summed E-state index contributed by atoms with van der Waals surface area (Å²) in [6.45, 7) is 6.58. The first kappa shape index (κ1) is 15.1. The van der Waals surface area contributed by atoms with Crippen molar-refractivity contribution in [1.82, 2.24) is 0 Å². The smallest absolute Gasteiger partial charge is 0.0634 e. The van der Waals surface area contributed by atoms with Crippen LogP contribution in [-0.2, 0) is 0 Å². The van der Waals surface area contributed by atoms with Gasteiger partial charge < -0.3 is 5.32 Å². The van der Waals surface area contributed by atoms with E-state index in [1.165, 1.54) is 10.4 Å². The molecular weight excluding hydrogens is 386 g/mol. The molecule has 0 bridgehead atoms. The highest BCUT2D eigenvalue weighted by molar-refractivity contribution is 9.11. The Labute approximate surface area is 135 Å². The van der Waals surface area contributed by atoms with Crippen molar-refractivity contribution in [2.75, 3.05) is 5.32 Å². The van der Waals surface area contributed by atoms with Crippen molar-refractivity contribution in [2.24, 2.45) is 5.92 Å². The molecule has 0 aliphatic rings. The van der Waals surface area contributed by atoms with Gasteiger partial charge in [-0.1, -0.05) is 19.9 Å². The number of rotatable bonds is 4. The summed E-state index contributed by atoms with van der Waals surface area (Å²) < 4.78 is 2.20. The average Bonchev–Trinajstić information content (AvgIpc) is 2.80. The van der Waals surface area contributed by atoms with E-state index in [2.05, 4.69) is 87.6 Å². The first-order valence-electron chi connectivity index (χ1n) is 6.24. The van der Waals surface area contributed by atoms with Crippen LogP contribution >= 0.6 is 43.2 Å². The number of hydrogen-bond acceptors (Lipinski definition) is 2. The van der Waals surface area contributed by atoms with E-state index in [-0.39, 0.29) is 0 Å². The van der Waals surface area contributed by atoms with Crippen molar-refractivity contribution in [3.05, 3.63) is 49.0 Å². The van der Waals surface area contributed by atoms with Crippen LogP contribution in [0.4, 0.5) is 5.69 Å². The lowest BCUT2D eigenvalue weighted by Gasteiger charge is -2.24. The molecule has 0 saturated carbocycles. The summed E-state index contributed by atoms with van der Waals surface area (Å²) in [5.74, 6) is 0.527. The predicted octanol–water partition coefficient (Wildman–Crippen LogP) is 6.39. The van der Waals surface area contributed by atoms with Crippen molar-refractivity contribution < 1.29 is 0 Å². The molecule has 4 heteroatoms. The van der Waals surface area contributed by atoms with Gasteiger partial charge in [-0.25, -0.2) is 0 Å². The maximum atomic E-state index is 3.66. The fourth-order valence-electron chi connectivity index (χ4n) is 2.03. The predicted molar refractivity (Wildman–Crippen MR) is 92.1 cm³/mol. The molecule has 102 valence electrons. The minimum absolute atomic E-state index is 0.329. The minimum atomic E-state index is 0.329. The number of halogens is 2. The first-order valence-corrected chi connectivity index (χ1v) is 8.71. The van der Waals surface area contributed by atoms with Crippen molar-refractivity contribution in [2.45, 2.75) is 26.8 Å². The quantitative estimate of drug-likeness (QED) is 0.624. The number of hydrogen-bond donors (Lipinski definition) is 1. The monoisotopic (exact) mass is 401 g/mol. The third-order valence-corrected chi connectivity index (χ3v) is 5.21. The number of aryl methyl sites for hydroxylation is 1. The lowest BCUT2D eigenvalue weighted by atomic mass is 10.0. The van der Waals surface area contributed by atoms with E-state index < -0.39 is 0 Å². The summed E-state index contributed by atoms with van der Waals surface area (Å²) in [5.41, 5.74) is 2.36. The van der Waals surface area contributed by atoms with Gasteiger partial charge in [-0.15, -0.1) is 11.3 Å². The maximum absolute atomic E-state index is 3.66. The summed E-state index contributed by atoms with van der Waals surface area (Å²) in [6, 6.07) is 8.90. The van der Waals surface area contributed by atoms with E-state index in [9.17, 15) is 0 Å². The third-order valence-electron chi connectivity index (χ3n) is 3.00. The zero-order valence-corrected chi connectivity index (χ0v) is 15.2. The fourth-order valence-corrected chi connectivity index (χ4v) is 4.62. The molecule has 0 aliphatic heterocycles. The SMILES string of the molecule is Cc1cc(Br)c(NC(c2cccs2)C(C)C)c(Br)c1. The highest BCUT2D eigenvalue weighted by Gasteiger charge is 2.19. The van der Waals surface area contributed by atoms with Crippen LogP contribution in [0.3, 0.4) is 0 Å². The largest absolute Gasteiger partial charge is 0.375 e. The molecule has 1 aromatic heterocycles. The van der Waals surface area contributed by atoms with Gasteiger partial charge in [0.05, 0.1) is 11.7 Å². The Morgan fingerprint density at radius 3 is 2.26 bits per heavy atom. The molecule has 1 heterocycles. The van der Waals surface area contributed by atoms with Crippen LogP contribution in [0.5, 0.6) is 0 Å². The van der Waals surface area contributed by atoms with Gasteiger partial charge in [0.25, 0.3) is 0 Å². The molecule has 1 aromatic carbocycles. The normalized spacial score (nSPS) is 12.7. The lowest BCUT2D eigenvalue weighted by molar-refractivity contribution is 0.553. The molecule has 0 radical (unpaired) electrons. The summed E-state index contributed by atoms with van der Waals surface area (Å²) >= 11 is 9.10. The molecule has 1 N–H and O–H groups in total. The average molecular weight is 403 g/mol. The van der Waals surface area contributed by atoms with Crippen LogP contribution in [0.2, 0.25) is 0 Å². The van der Waals surface area contributed by atoms with E-state index in [4.69, 9.17) is 0 Å². The molecule has 2 aromatic rings. The Bertz CT molecular complexity index is 526. The number of nitrogens with one attached hydrogen (secondary N) is 1. The molecule has 0 fully saturated rings. The second-order valence-electron chi connectivity index (χ2n) is 4.99. The molecule has 1 nitrogen and oxygen atoms in total. The maximum Gasteiger partial charge on any atom is 0.0634 e. The van der Waals surface area contributed by atoms with Crippen molar-refractivity contribution in [3.8, 4) is 0 Å². The van der Waals surface area contributed by atoms with Gasteiger partial charge >= 0.3 is 0 Å².